The van der Waals surface area contributed by atoms with Crippen LogP contribution in [0.5, 0.6) is 0 Å². The van der Waals surface area contributed by atoms with Crippen LogP contribution < -0.4 is 5.32 Å². The second kappa shape index (κ2) is 6.31. The molecule has 1 amide bonds. The Hall–Kier alpha value is -0.920. The number of carbonyl (C=O) groups excluding carboxylic acids is 1. The van der Waals surface area contributed by atoms with Gasteiger partial charge in [0.1, 0.15) is 0 Å². The van der Waals surface area contributed by atoms with Crippen molar-refractivity contribution in [2.45, 2.75) is 51.0 Å². The first-order valence-corrected chi connectivity index (χ1v) is 11.2. The summed E-state index contributed by atoms with van der Waals surface area (Å²) >= 11 is 3.29. The monoisotopic (exact) mass is 442 g/mol. The zero-order valence-electron chi connectivity index (χ0n) is 16.0. The molecule has 3 atom stereocenters. The summed E-state index contributed by atoms with van der Waals surface area (Å²) in [5.74, 6) is 0.423. The number of fused-ring (bicyclic) bond motifs is 2. The van der Waals surface area contributed by atoms with Gasteiger partial charge in [0.2, 0.25) is 10.0 Å². The van der Waals surface area contributed by atoms with Gasteiger partial charge in [-0.05, 0) is 70.1 Å². The Balaban J connectivity index is 1.90. The first-order valence-electron chi connectivity index (χ1n) is 8.92. The fraction of sp³-hybridized carbons (Fsp3) is 0.632. The average molecular weight is 443 g/mol. The average Bonchev–Trinajstić information content (AvgIpc) is 3.02. The number of halogens is 1. The standard InChI is InChI=1S/C19H27BrN2O3S/c1-18(2)13-8-9-19(3,11-13)17(18)21-16(23)12-6-7-14(20)15(10-12)26(24,25)22(4)5/h6-7,10,13,17H,8-9,11H2,1-5H3,(H,21,23). The van der Waals surface area contributed by atoms with Gasteiger partial charge in [0, 0.05) is 30.2 Å². The summed E-state index contributed by atoms with van der Waals surface area (Å²) in [6.07, 6.45) is 3.50. The van der Waals surface area contributed by atoms with Gasteiger partial charge in [-0.2, -0.15) is 0 Å². The van der Waals surface area contributed by atoms with E-state index in [0.29, 0.717) is 16.0 Å². The molecule has 1 N–H and O–H groups in total. The van der Waals surface area contributed by atoms with Crippen LogP contribution in [0.3, 0.4) is 0 Å². The van der Waals surface area contributed by atoms with Crippen LogP contribution in [-0.2, 0) is 10.0 Å². The van der Waals surface area contributed by atoms with Crippen molar-refractivity contribution in [3.05, 3.63) is 28.2 Å². The molecule has 5 nitrogen and oxygen atoms in total. The Kier molecular flexibility index (Phi) is 4.81. The van der Waals surface area contributed by atoms with Crippen molar-refractivity contribution in [1.29, 1.82) is 0 Å². The maximum atomic E-state index is 12.9. The minimum absolute atomic E-state index is 0.0521. The summed E-state index contributed by atoms with van der Waals surface area (Å²) in [4.78, 5) is 13.0. The number of amides is 1. The lowest BCUT2D eigenvalue weighted by atomic mass is 9.68. The summed E-state index contributed by atoms with van der Waals surface area (Å²) in [6, 6.07) is 4.84. The molecule has 0 radical (unpaired) electrons. The van der Waals surface area contributed by atoms with Crippen molar-refractivity contribution >= 4 is 31.9 Å². The highest BCUT2D eigenvalue weighted by molar-refractivity contribution is 9.10. The van der Waals surface area contributed by atoms with Crippen LogP contribution in [0.4, 0.5) is 0 Å². The summed E-state index contributed by atoms with van der Waals surface area (Å²) in [7, 11) is -0.669. The Bertz CT molecular complexity index is 846. The van der Waals surface area contributed by atoms with Crippen LogP contribution >= 0.6 is 15.9 Å². The van der Waals surface area contributed by atoms with E-state index in [9.17, 15) is 13.2 Å². The topological polar surface area (TPSA) is 66.5 Å². The fourth-order valence-electron chi connectivity index (χ4n) is 4.92. The molecule has 7 heteroatoms. The molecular weight excluding hydrogens is 416 g/mol. The van der Waals surface area contributed by atoms with Crippen molar-refractivity contribution in [2.24, 2.45) is 16.7 Å². The van der Waals surface area contributed by atoms with Gasteiger partial charge >= 0.3 is 0 Å². The molecule has 2 aliphatic rings. The molecule has 0 heterocycles. The van der Waals surface area contributed by atoms with Gasteiger partial charge < -0.3 is 5.32 Å². The Morgan fingerprint density at radius 3 is 2.46 bits per heavy atom. The van der Waals surface area contributed by atoms with Crippen molar-refractivity contribution in [2.75, 3.05) is 14.1 Å². The van der Waals surface area contributed by atoms with E-state index in [-0.39, 0.29) is 27.7 Å². The fourth-order valence-corrected chi connectivity index (χ4v) is 6.76. The predicted molar refractivity (Wildman–Crippen MR) is 105 cm³/mol. The second-order valence-corrected chi connectivity index (χ2v) is 11.7. The number of nitrogens with one attached hydrogen (secondary N) is 1. The van der Waals surface area contributed by atoms with E-state index in [1.54, 1.807) is 12.1 Å². The third kappa shape index (κ3) is 3.02. The number of carbonyl (C=O) groups is 1. The van der Waals surface area contributed by atoms with Gasteiger partial charge in [-0.1, -0.05) is 20.8 Å². The lowest BCUT2D eigenvalue weighted by Gasteiger charge is -2.43. The molecule has 0 aliphatic heterocycles. The SMILES string of the molecule is CN(C)S(=O)(=O)c1cc(C(=O)NC2C3(C)CCC(C3)C2(C)C)ccc1Br. The summed E-state index contributed by atoms with van der Waals surface area (Å²) in [5, 5.41) is 3.22. The highest BCUT2D eigenvalue weighted by Crippen LogP contribution is 2.62. The van der Waals surface area contributed by atoms with Gasteiger partial charge in [-0.3, -0.25) is 4.79 Å². The molecule has 144 valence electrons. The van der Waals surface area contributed by atoms with Crippen LogP contribution in [-0.4, -0.2) is 38.8 Å². The third-order valence-electron chi connectivity index (χ3n) is 6.50. The maximum absolute atomic E-state index is 12.9. The predicted octanol–water partition coefficient (Wildman–Crippen LogP) is 3.64. The molecule has 2 saturated carbocycles. The Morgan fingerprint density at radius 2 is 1.92 bits per heavy atom. The molecule has 0 saturated heterocycles. The van der Waals surface area contributed by atoms with Gasteiger partial charge in [-0.25, -0.2) is 12.7 Å². The normalized spacial score (nSPS) is 30.0. The van der Waals surface area contributed by atoms with E-state index < -0.39 is 10.0 Å². The quantitative estimate of drug-likeness (QED) is 0.773. The van der Waals surface area contributed by atoms with Crippen molar-refractivity contribution in [3.63, 3.8) is 0 Å². The minimum atomic E-state index is -3.63. The molecule has 0 aromatic heterocycles. The van der Waals surface area contributed by atoms with E-state index in [4.69, 9.17) is 0 Å². The number of hydrogen-bond acceptors (Lipinski definition) is 3. The van der Waals surface area contributed by atoms with Crippen LogP contribution in [0.2, 0.25) is 0 Å². The third-order valence-corrected chi connectivity index (χ3v) is 9.31. The summed E-state index contributed by atoms with van der Waals surface area (Å²) < 4.78 is 26.6. The van der Waals surface area contributed by atoms with E-state index in [2.05, 4.69) is 42.0 Å². The first kappa shape index (κ1) is 19.8. The molecular formula is C19H27BrN2O3S. The van der Waals surface area contributed by atoms with Gasteiger partial charge in [-0.15, -0.1) is 0 Å². The van der Waals surface area contributed by atoms with Crippen molar-refractivity contribution in [3.8, 4) is 0 Å². The molecule has 1 aromatic rings. The maximum Gasteiger partial charge on any atom is 0.251 e. The second-order valence-electron chi connectivity index (χ2n) is 8.75. The van der Waals surface area contributed by atoms with Crippen LogP contribution in [0.15, 0.2) is 27.6 Å². The number of nitrogens with zero attached hydrogens (tertiary/aromatic N) is 1. The van der Waals surface area contributed by atoms with E-state index >= 15 is 0 Å². The zero-order valence-corrected chi connectivity index (χ0v) is 18.4. The highest BCUT2D eigenvalue weighted by Gasteiger charge is 2.59. The van der Waals surface area contributed by atoms with Gasteiger partial charge in [0.05, 0.1) is 4.90 Å². The zero-order chi connectivity index (χ0) is 19.5. The van der Waals surface area contributed by atoms with E-state index in [1.165, 1.54) is 26.6 Å². The minimum Gasteiger partial charge on any atom is -0.348 e. The van der Waals surface area contributed by atoms with E-state index in [1.807, 2.05) is 0 Å². The lowest BCUT2D eigenvalue weighted by molar-refractivity contribution is 0.0737. The van der Waals surface area contributed by atoms with Crippen LogP contribution in [0.25, 0.3) is 0 Å². The molecule has 26 heavy (non-hydrogen) atoms. The highest BCUT2D eigenvalue weighted by atomic mass is 79.9. The summed E-state index contributed by atoms with van der Waals surface area (Å²) in [6.45, 7) is 6.73. The van der Waals surface area contributed by atoms with Gasteiger partial charge in [0.15, 0.2) is 0 Å². The first-order chi connectivity index (χ1) is 11.9. The number of rotatable bonds is 4. The Labute approximate surface area is 164 Å². The number of benzene rings is 1. The summed E-state index contributed by atoms with van der Waals surface area (Å²) in [5.41, 5.74) is 0.546. The number of sulfonamides is 1. The van der Waals surface area contributed by atoms with E-state index in [0.717, 1.165) is 17.1 Å². The van der Waals surface area contributed by atoms with Crippen LogP contribution in [0, 0.1) is 16.7 Å². The van der Waals surface area contributed by atoms with Crippen molar-refractivity contribution < 1.29 is 13.2 Å². The number of hydrogen-bond donors (Lipinski definition) is 1. The molecule has 2 aliphatic carbocycles. The smallest absolute Gasteiger partial charge is 0.251 e. The molecule has 1 aromatic carbocycles. The largest absolute Gasteiger partial charge is 0.348 e. The van der Waals surface area contributed by atoms with Gasteiger partial charge in [0.25, 0.3) is 5.91 Å². The molecule has 3 unspecified atom stereocenters. The van der Waals surface area contributed by atoms with Crippen molar-refractivity contribution in [1.82, 2.24) is 9.62 Å². The lowest BCUT2D eigenvalue weighted by Crippen LogP contribution is -2.52. The molecule has 2 bridgehead atoms. The Morgan fingerprint density at radius 1 is 1.27 bits per heavy atom. The molecule has 2 fully saturated rings. The molecule has 0 spiro atoms. The van der Waals surface area contributed by atoms with Crippen LogP contribution in [0.1, 0.15) is 50.4 Å². The molecule has 3 rings (SSSR count).